The first-order valence-corrected chi connectivity index (χ1v) is 11.8. The van der Waals surface area contributed by atoms with E-state index in [1.807, 2.05) is 19.9 Å². The van der Waals surface area contributed by atoms with Gasteiger partial charge in [-0.25, -0.2) is 9.78 Å². The molecule has 34 heavy (non-hydrogen) atoms. The van der Waals surface area contributed by atoms with Crippen molar-refractivity contribution in [2.24, 2.45) is 5.92 Å². The molecule has 3 fully saturated rings. The minimum absolute atomic E-state index is 0.0232. The van der Waals surface area contributed by atoms with Crippen molar-refractivity contribution in [2.45, 2.75) is 58.2 Å². The van der Waals surface area contributed by atoms with Gasteiger partial charge in [0.1, 0.15) is 11.5 Å². The number of para-hydroxylation sites is 1. The number of carboxylic acids is 1. The summed E-state index contributed by atoms with van der Waals surface area (Å²) >= 11 is 0. The van der Waals surface area contributed by atoms with Crippen LogP contribution in [0.3, 0.4) is 0 Å². The summed E-state index contributed by atoms with van der Waals surface area (Å²) in [5, 5.41) is 23.5. The molecule has 0 amide bonds. The molecule has 2 aliphatic heterocycles. The van der Waals surface area contributed by atoms with Gasteiger partial charge >= 0.3 is 5.97 Å². The average molecular weight is 463 g/mol. The van der Waals surface area contributed by atoms with E-state index < -0.39 is 12.1 Å². The molecular weight excluding hydrogens is 432 g/mol. The Hall–Kier alpha value is -3.39. The van der Waals surface area contributed by atoms with Gasteiger partial charge in [-0.05, 0) is 69.7 Å². The molecule has 4 heterocycles. The zero-order valence-corrected chi connectivity index (χ0v) is 19.7. The van der Waals surface area contributed by atoms with E-state index in [-0.39, 0.29) is 23.2 Å². The monoisotopic (exact) mass is 462 g/mol. The average Bonchev–Trinajstić information content (AvgIpc) is 2.81. The Morgan fingerprint density at radius 2 is 2.00 bits per heavy atom. The molecule has 8 nitrogen and oxygen atoms in total. The number of aromatic nitrogens is 2. The molecule has 178 valence electrons. The molecule has 4 unspecified atom stereocenters. The van der Waals surface area contributed by atoms with Gasteiger partial charge in [0.25, 0.3) is 5.56 Å². The van der Waals surface area contributed by atoms with Gasteiger partial charge in [0.15, 0.2) is 0 Å². The summed E-state index contributed by atoms with van der Waals surface area (Å²) in [6.45, 7) is 6.47. The van der Waals surface area contributed by atoms with Crippen LogP contribution in [0.2, 0.25) is 0 Å². The van der Waals surface area contributed by atoms with Crippen LogP contribution in [0, 0.1) is 19.8 Å². The number of nitrogens with one attached hydrogen (secondary N) is 1. The number of pyridine rings is 1. The van der Waals surface area contributed by atoms with Crippen molar-refractivity contribution in [2.75, 3.05) is 16.8 Å². The number of aliphatic hydroxyl groups is 1. The third-order valence-corrected chi connectivity index (χ3v) is 7.30. The highest BCUT2D eigenvalue weighted by Crippen LogP contribution is 2.38. The summed E-state index contributed by atoms with van der Waals surface area (Å²) in [7, 11) is 0. The smallest absolute Gasteiger partial charge is 0.337 e. The Labute approximate surface area is 197 Å². The zero-order valence-electron chi connectivity index (χ0n) is 19.7. The van der Waals surface area contributed by atoms with Crippen LogP contribution in [0.25, 0.3) is 5.65 Å². The first kappa shape index (κ1) is 22.4. The molecule has 2 saturated heterocycles. The highest BCUT2D eigenvalue weighted by molar-refractivity contribution is 5.94. The lowest BCUT2D eigenvalue weighted by atomic mass is 9.78. The maximum absolute atomic E-state index is 13.4. The molecule has 8 heteroatoms. The van der Waals surface area contributed by atoms with Gasteiger partial charge in [0.2, 0.25) is 0 Å². The van der Waals surface area contributed by atoms with E-state index in [4.69, 9.17) is 4.98 Å². The van der Waals surface area contributed by atoms with Crippen molar-refractivity contribution in [3.05, 3.63) is 69.1 Å². The Morgan fingerprint density at radius 3 is 2.71 bits per heavy atom. The summed E-state index contributed by atoms with van der Waals surface area (Å²) in [5.41, 5.74) is 3.40. The van der Waals surface area contributed by atoms with E-state index in [1.165, 1.54) is 0 Å². The molecule has 6 rings (SSSR count). The van der Waals surface area contributed by atoms with E-state index in [9.17, 15) is 19.8 Å². The van der Waals surface area contributed by atoms with Gasteiger partial charge in [-0.3, -0.25) is 9.20 Å². The molecule has 1 aromatic carbocycles. The van der Waals surface area contributed by atoms with Gasteiger partial charge in [-0.1, -0.05) is 12.1 Å². The number of hydrogen-bond acceptors (Lipinski definition) is 6. The minimum Gasteiger partial charge on any atom is -0.478 e. The van der Waals surface area contributed by atoms with Crippen LogP contribution >= 0.6 is 0 Å². The summed E-state index contributed by atoms with van der Waals surface area (Å²) < 4.78 is 1.59. The largest absolute Gasteiger partial charge is 0.478 e. The zero-order chi connectivity index (χ0) is 24.1. The van der Waals surface area contributed by atoms with Crippen molar-refractivity contribution in [3.63, 3.8) is 0 Å². The van der Waals surface area contributed by atoms with Crippen LogP contribution in [0.5, 0.6) is 0 Å². The summed E-state index contributed by atoms with van der Waals surface area (Å²) in [6.07, 6.45) is 4.19. The van der Waals surface area contributed by atoms with Gasteiger partial charge in [0, 0.05) is 24.0 Å². The Bertz CT molecular complexity index is 1330. The number of rotatable bonds is 5. The van der Waals surface area contributed by atoms with E-state index in [2.05, 4.69) is 10.2 Å². The van der Waals surface area contributed by atoms with E-state index >= 15 is 0 Å². The normalized spacial score (nSPS) is 22.7. The van der Waals surface area contributed by atoms with Crippen LogP contribution in [0.4, 0.5) is 11.5 Å². The molecule has 0 spiro atoms. The fraction of sp³-hybridized carbons (Fsp3) is 0.423. The van der Waals surface area contributed by atoms with E-state index in [0.717, 1.165) is 36.9 Å². The fourth-order valence-corrected chi connectivity index (χ4v) is 5.59. The van der Waals surface area contributed by atoms with Crippen molar-refractivity contribution in [1.82, 2.24) is 9.38 Å². The molecule has 0 radical (unpaired) electrons. The second-order valence-electron chi connectivity index (χ2n) is 9.71. The quantitative estimate of drug-likeness (QED) is 0.532. The molecule has 2 bridgehead atoms. The number of piperidine rings is 2. The van der Waals surface area contributed by atoms with E-state index in [0.29, 0.717) is 28.6 Å². The van der Waals surface area contributed by atoms with Gasteiger partial charge in [-0.2, -0.15) is 0 Å². The Kier molecular flexibility index (Phi) is 5.56. The lowest BCUT2D eigenvalue weighted by molar-refractivity contribution is 0.0501. The number of aromatic carboxylic acids is 1. The maximum atomic E-state index is 13.4. The number of benzene rings is 1. The van der Waals surface area contributed by atoms with Crippen molar-refractivity contribution < 1.29 is 15.0 Å². The molecule has 1 saturated carbocycles. The number of hydrogen-bond donors (Lipinski definition) is 3. The second-order valence-corrected chi connectivity index (χ2v) is 9.71. The lowest BCUT2D eigenvalue weighted by Crippen LogP contribution is -2.56. The molecule has 3 N–H and O–H groups in total. The summed E-state index contributed by atoms with van der Waals surface area (Å²) in [5.74, 6) is 0.0438. The van der Waals surface area contributed by atoms with Crippen molar-refractivity contribution >= 4 is 23.1 Å². The van der Waals surface area contributed by atoms with Gasteiger partial charge in [0.05, 0.1) is 29.3 Å². The molecule has 4 atom stereocenters. The highest BCUT2D eigenvalue weighted by Gasteiger charge is 2.41. The number of aliphatic hydroxyl groups excluding tert-OH is 1. The summed E-state index contributed by atoms with van der Waals surface area (Å²) in [6, 6.07) is 8.44. The number of aryl methyl sites for hydroxylation is 1. The van der Waals surface area contributed by atoms with Crippen LogP contribution in [-0.2, 0) is 0 Å². The number of carboxylic acid groups (broad SMARTS) is 1. The topological polar surface area (TPSA) is 107 Å². The lowest BCUT2D eigenvalue weighted by Gasteiger charge is -2.49. The third kappa shape index (κ3) is 3.72. The SMILES string of the molecule is Cc1cc(C(C)Nc2ccccc2C(=O)O)c2nc(N3CC4CCC3C(O)C4)c(C)c(=O)n2c1. The van der Waals surface area contributed by atoms with Crippen LogP contribution in [0.15, 0.2) is 41.3 Å². The third-order valence-electron chi connectivity index (χ3n) is 7.30. The second kappa shape index (κ2) is 8.43. The predicted molar refractivity (Wildman–Crippen MR) is 131 cm³/mol. The fourth-order valence-electron chi connectivity index (χ4n) is 5.59. The number of carbonyl (C=O) groups is 1. The van der Waals surface area contributed by atoms with Crippen molar-refractivity contribution in [1.29, 1.82) is 0 Å². The van der Waals surface area contributed by atoms with Gasteiger partial charge in [-0.15, -0.1) is 0 Å². The number of nitrogens with zero attached hydrogens (tertiary/aromatic N) is 3. The van der Waals surface area contributed by atoms with Crippen LogP contribution in [0.1, 0.15) is 59.3 Å². The molecule has 1 aliphatic carbocycles. The first-order chi connectivity index (χ1) is 16.2. The molecule has 3 aromatic rings. The molecular formula is C26H30N4O4. The maximum Gasteiger partial charge on any atom is 0.337 e. The van der Waals surface area contributed by atoms with Crippen LogP contribution < -0.4 is 15.8 Å². The molecule has 2 aromatic heterocycles. The Morgan fingerprint density at radius 1 is 1.24 bits per heavy atom. The highest BCUT2D eigenvalue weighted by atomic mass is 16.4. The summed E-state index contributed by atoms with van der Waals surface area (Å²) in [4.78, 5) is 32.2. The predicted octanol–water partition coefficient (Wildman–Crippen LogP) is 3.53. The number of fused-ring (bicyclic) bond motifs is 4. The Balaban J connectivity index is 1.62. The van der Waals surface area contributed by atoms with Crippen molar-refractivity contribution in [3.8, 4) is 0 Å². The molecule has 3 aliphatic rings. The number of anilines is 2. The van der Waals surface area contributed by atoms with E-state index in [1.54, 1.807) is 41.8 Å². The minimum atomic E-state index is -1.00. The first-order valence-electron chi connectivity index (χ1n) is 11.8. The van der Waals surface area contributed by atoms with Gasteiger partial charge < -0.3 is 20.4 Å². The van der Waals surface area contributed by atoms with Crippen LogP contribution in [-0.4, -0.2) is 44.3 Å². The standard InChI is InChI=1S/C26H30N4O4/c1-14-10-19(16(3)27-20-7-5-4-6-18(20)26(33)34)24-28-23(15(2)25(32)30(24)12-14)29-13-17-8-9-21(29)22(31)11-17/h4-7,10,12,16-17,21-22,27,31H,8-9,11,13H2,1-3H3,(H,33,34).